The van der Waals surface area contributed by atoms with Crippen LogP contribution in [-0.4, -0.2) is 13.1 Å². The second-order valence-corrected chi connectivity index (χ2v) is 5.63. The number of benzene rings is 2. The molecule has 0 radical (unpaired) electrons. The van der Waals surface area contributed by atoms with Gasteiger partial charge in [0.2, 0.25) is 0 Å². The van der Waals surface area contributed by atoms with Crippen molar-refractivity contribution < 1.29 is 4.42 Å². The summed E-state index contributed by atoms with van der Waals surface area (Å²) in [5.74, 6) is 0.886. The summed E-state index contributed by atoms with van der Waals surface area (Å²) in [7, 11) is 0. The predicted octanol–water partition coefficient (Wildman–Crippen LogP) is 4.51. The van der Waals surface area contributed by atoms with Crippen molar-refractivity contribution in [2.24, 2.45) is 4.99 Å². The van der Waals surface area contributed by atoms with Crippen molar-refractivity contribution in [3.05, 3.63) is 46.8 Å². The van der Waals surface area contributed by atoms with Gasteiger partial charge in [0.1, 0.15) is 11.3 Å². The highest BCUT2D eigenvalue weighted by Crippen LogP contribution is 2.31. The average molecular weight is 294 g/mol. The van der Waals surface area contributed by atoms with E-state index in [1.807, 2.05) is 13.0 Å². The van der Waals surface area contributed by atoms with E-state index in [1.165, 1.54) is 11.1 Å². The molecule has 22 heavy (non-hydrogen) atoms. The number of hydrogen-bond donors (Lipinski definition) is 1. The molecule has 0 atom stereocenters. The number of nitrogens with zero attached hydrogens (tertiary/aromatic N) is 1. The summed E-state index contributed by atoms with van der Waals surface area (Å²) in [6.07, 6.45) is 0. The van der Waals surface area contributed by atoms with Crippen molar-refractivity contribution in [3.63, 3.8) is 0 Å². The van der Waals surface area contributed by atoms with Crippen LogP contribution in [0.15, 0.2) is 39.7 Å². The van der Waals surface area contributed by atoms with Gasteiger partial charge >= 0.3 is 0 Å². The van der Waals surface area contributed by atoms with Crippen LogP contribution in [0.25, 0.3) is 22.3 Å². The Morgan fingerprint density at radius 2 is 1.82 bits per heavy atom. The Hall–Kier alpha value is -2.29. The molecule has 3 heteroatoms. The number of hydrogen-bond acceptors (Lipinski definition) is 3. The summed E-state index contributed by atoms with van der Waals surface area (Å²) in [5.41, 5.74) is 5.57. The molecule has 0 amide bonds. The third kappa shape index (κ3) is 2.59. The maximum atomic E-state index is 6.13. The van der Waals surface area contributed by atoms with Gasteiger partial charge in [-0.05, 0) is 57.0 Å². The summed E-state index contributed by atoms with van der Waals surface area (Å²) in [6, 6.07) is 10.7. The van der Waals surface area contributed by atoms with Crippen molar-refractivity contribution in [2.45, 2.75) is 27.7 Å². The van der Waals surface area contributed by atoms with E-state index in [-0.39, 0.29) is 0 Å². The molecule has 0 aromatic heterocycles. The van der Waals surface area contributed by atoms with Gasteiger partial charge in [0, 0.05) is 41.9 Å². The number of fused-ring (bicyclic) bond motifs is 2. The first kappa shape index (κ1) is 14.6. The summed E-state index contributed by atoms with van der Waals surface area (Å²) < 4.78 is 6.13. The standard InChI is InChI=1S/C19H22N2O/c1-5-20-16-10-18-14(7-12(16)3)9-15-8-13(4)17(21-6-2)11-19(15)22-18/h7-11,20H,5-6H2,1-4H3. The zero-order valence-corrected chi connectivity index (χ0v) is 13.7. The van der Waals surface area contributed by atoms with E-state index in [1.54, 1.807) is 0 Å². The fourth-order valence-electron chi connectivity index (χ4n) is 2.82. The van der Waals surface area contributed by atoms with Gasteiger partial charge in [0.15, 0.2) is 0 Å². The van der Waals surface area contributed by atoms with Crippen molar-refractivity contribution in [3.8, 4) is 11.3 Å². The second kappa shape index (κ2) is 5.84. The minimum absolute atomic E-state index is 0.781. The largest absolute Gasteiger partial charge is 0.456 e. The first-order valence-corrected chi connectivity index (χ1v) is 7.85. The SMILES string of the molecule is CCN=c1cc2oc3cc(NCC)c(C)cc3cc-2cc1C. The number of rotatable bonds is 3. The van der Waals surface area contributed by atoms with Crippen LogP contribution in [-0.2, 0) is 0 Å². The number of aryl methyl sites for hydroxylation is 2. The van der Waals surface area contributed by atoms with Gasteiger partial charge in [-0.25, -0.2) is 0 Å². The maximum Gasteiger partial charge on any atom is 0.136 e. The molecule has 0 saturated carbocycles. The van der Waals surface area contributed by atoms with Crippen molar-refractivity contribution in [1.29, 1.82) is 0 Å². The lowest BCUT2D eigenvalue weighted by Crippen LogP contribution is -2.08. The lowest BCUT2D eigenvalue weighted by atomic mass is 10.0. The van der Waals surface area contributed by atoms with Gasteiger partial charge < -0.3 is 9.73 Å². The first-order valence-electron chi connectivity index (χ1n) is 7.85. The zero-order valence-electron chi connectivity index (χ0n) is 13.7. The highest BCUT2D eigenvalue weighted by Gasteiger charge is 2.10. The van der Waals surface area contributed by atoms with Crippen molar-refractivity contribution in [1.82, 2.24) is 0 Å². The minimum atomic E-state index is 0.781. The first-order chi connectivity index (χ1) is 10.6. The van der Waals surface area contributed by atoms with Crippen LogP contribution in [0.4, 0.5) is 5.69 Å². The molecular weight excluding hydrogens is 272 g/mol. The van der Waals surface area contributed by atoms with Crippen molar-refractivity contribution >= 4 is 16.7 Å². The number of nitrogens with one attached hydrogen (secondary N) is 1. The Morgan fingerprint density at radius 1 is 1.00 bits per heavy atom. The third-order valence-electron chi connectivity index (χ3n) is 3.91. The molecule has 1 aliphatic heterocycles. The molecule has 0 fully saturated rings. The number of anilines is 1. The van der Waals surface area contributed by atoms with E-state index in [4.69, 9.17) is 4.42 Å². The molecule has 1 aromatic carbocycles. The topological polar surface area (TPSA) is 37.5 Å². The molecule has 1 heterocycles. The zero-order chi connectivity index (χ0) is 15.7. The van der Waals surface area contributed by atoms with Gasteiger partial charge in [-0.3, -0.25) is 4.99 Å². The van der Waals surface area contributed by atoms with Crippen LogP contribution >= 0.6 is 0 Å². The summed E-state index contributed by atoms with van der Waals surface area (Å²) in [6.45, 7) is 10.0. The second-order valence-electron chi connectivity index (χ2n) is 5.63. The normalized spacial score (nSPS) is 12.3. The quantitative estimate of drug-likeness (QED) is 0.722. The molecule has 3 rings (SSSR count). The monoisotopic (exact) mass is 294 g/mol. The Kier molecular flexibility index (Phi) is 3.88. The molecule has 1 aromatic rings. The van der Waals surface area contributed by atoms with E-state index in [2.05, 4.69) is 55.3 Å². The lowest BCUT2D eigenvalue weighted by molar-refractivity contribution is 0.618. The Bertz CT molecular complexity index is 861. The molecule has 0 saturated heterocycles. The fraction of sp³-hybridized carbons (Fsp3) is 0.316. The van der Waals surface area contributed by atoms with Crippen LogP contribution in [0, 0.1) is 13.8 Å². The summed E-state index contributed by atoms with van der Waals surface area (Å²) in [4.78, 5) is 4.53. The fourth-order valence-corrected chi connectivity index (χ4v) is 2.82. The van der Waals surface area contributed by atoms with Crippen LogP contribution in [0.3, 0.4) is 0 Å². The Morgan fingerprint density at radius 3 is 2.55 bits per heavy atom. The van der Waals surface area contributed by atoms with E-state index in [0.29, 0.717) is 0 Å². The van der Waals surface area contributed by atoms with Crippen LogP contribution < -0.4 is 10.7 Å². The molecule has 0 unspecified atom stereocenters. The molecule has 1 aliphatic carbocycles. The van der Waals surface area contributed by atoms with E-state index < -0.39 is 0 Å². The smallest absolute Gasteiger partial charge is 0.136 e. The highest BCUT2D eigenvalue weighted by atomic mass is 16.3. The Labute approximate surface area is 131 Å². The lowest BCUT2D eigenvalue weighted by Gasteiger charge is -2.12. The van der Waals surface area contributed by atoms with Gasteiger partial charge in [-0.1, -0.05) is 0 Å². The molecule has 3 nitrogen and oxygen atoms in total. The molecular formula is C19H22N2O. The van der Waals surface area contributed by atoms with Gasteiger partial charge in [-0.15, -0.1) is 0 Å². The predicted molar refractivity (Wildman–Crippen MR) is 92.6 cm³/mol. The third-order valence-corrected chi connectivity index (χ3v) is 3.91. The molecule has 0 bridgehead atoms. The molecule has 114 valence electrons. The summed E-state index contributed by atoms with van der Waals surface area (Å²) in [5, 5.41) is 5.52. The van der Waals surface area contributed by atoms with E-state index >= 15 is 0 Å². The van der Waals surface area contributed by atoms with Crippen LogP contribution in [0.1, 0.15) is 25.0 Å². The molecule has 0 spiro atoms. The van der Waals surface area contributed by atoms with E-state index in [9.17, 15) is 0 Å². The highest BCUT2D eigenvalue weighted by molar-refractivity contribution is 5.86. The average Bonchev–Trinajstić information content (AvgIpc) is 2.48. The van der Waals surface area contributed by atoms with E-state index in [0.717, 1.165) is 46.4 Å². The molecule has 2 aliphatic rings. The van der Waals surface area contributed by atoms with Crippen molar-refractivity contribution in [2.75, 3.05) is 18.4 Å². The van der Waals surface area contributed by atoms with Gasteiger partial charge in [-0.2, -0.15) is 0 Å². The van der Waals surface area contributed by atoms with Gasteiger partial charge in [0.05, 0.1) is 5.36 Å². The minimum Gasteiger partial charge on any atom is -0.456 e. The van der Waals surface area contributed by atoms with Crippen LogP contribution in [0.2, 0.25) is 0 Å². The summed E-state index contributed by atoms with van der Waals surface area (Å²) >= 11 is 0. The Balaban J connectivity index is 2.28. The maximum absolute atomic E-state index is 6.13. The molecule has 1 N–H and O–H groups in total. The van der Waals surface area contributed by atoms with Gasteiger partial charge in [0.25, 0.3) is 0 Å². The van der Waals surface area contributed by atoms with Crippen LogP contribution in [0.5, 0.6) is 0 Å².